The summed E-state index contributed by atoms with van der Waals surface area (Å²) in [5.74, 6) is 3.37. The number of nitrogens with one attached hydrogen (secondary N) is 1. The fraction of sp³-hybridized carbons (Fsp3) is 0.875. The van der Waals surface area contributed by atoms with Crippen molar-refractivity contribution in [1.82, 2.24) is 5.32 Å². The molecule has 1 rings (SSSR count). The zero-order valence-electron chi connectivity index (χ0n) is 12.6. The molecule has 2 nitrogen and oxygen atoms in total. The predicted molar refractivity (Wildman–Crippen MR) is 77.4 cm³/mol. The van der Waals surface area contributed by atoms with Crippen molar-refractivity contribution in [3.8, 4) is 12.3 Å². The van der Waals surface area contributed by atoms with Gasteiger partial charge in [-0.1, -0.05) is 34.6 Å². The maximum atomic E-state index is 5.98. The van der Waals surface area contributed by atoms with Crippen LogP contribution in [0.2, 0.25) is 0 Å². The molecule has 0 spiro atoms. The Balaban J connectivity index is 2.41. The highest BCUT2D eigenvalue weighted by Crippen LogP contribution is 2.43. The van der Waals surface area contributed by atoms with Crippen molar-refractivity contribution in [2.24, 2.45) is 11.3 Å². The first-order valence-electron chi connectivity index (χ1n) is 7.22. The largest absolute Gasteiger partial charge is 0.377 e. The summed E-state index contributed by atoms with van der Waals surface area (Å²) < 4.78 is 5.98. The number of terminal acetylenes is 1. The van der Waals surface area contributed by atoms with Crippen molar-refractivity contribution in [3.63, 3.8) is 0 Å². The van der Waals surface area contributed by atoms with E-state index in [0.29, 0.717) is 24.1 Å². The molecular formula is C16H29NO. The van der Waals surface area contributed by atoms with Gasteiger partial charge >= 0.3 is 0 Å². The van der Waals surface area contributed by atoms with Crippen molar-refractivity contribution < 1.29 is 4.74 Å². The van der Waals surface area contributed by atoms with Gasteiger partial charge in [-0.25, -0.2) is 0 Å². The van der Waals surface area contributed by atoms with Crippen LogP contribution in [0.25, 0.3) is 0 Å². The second-order valence-corrected chi connectivity index (χ2v) is 6.51. The third kappa shape index (κ3) is 3.73. The van der Waals surface area contributed by atoms with E-state index >= 15 is 0 Å². The van der Waals surface area contributed by atoms with Crippen LogP contribution in [-0.2, 0) is 4.74 Å². The summed E-state index contributed by atoms with van der Waals surface area (Å²) in [6.07, 6.45) is 8.81. The summed E-state index contributed by atoms with van der Waals surface area (Å²) in [6.45, 7) is 12.0. The van der Waals surface area contributed by atoms with Crippen LogP contribution in [0.3, 0.4) is 0 Å². The standard InChI is InChI=1S/C16H29NO/c1-7-9-13(8-2)17-14-10-15(16(14,5)6)18-11-12(3)4/h1,12-15,17H,8-11H2,2-6H3. The SMILES string of the molecule is C#CCC(CC)NC1CC(OCC(C)C)C1(C)C. The van der Waals surface area contributed by atoms with E-state index in [2.05, 4.69) is 45.9 Å². The van der Waals surface area contributed by atoms with Gasteiger partial charge < -0.3 is 10.1 Å². The lowest BCUT2D eigenvalue weighted by Gasteiger charge is -2.53. The Morgan fingerprint density at radius 2 is 2.11 bits per heavy atom. The van der Waals surface area contributed by atoms with E-state index in [4.69, 9.17) is 11.2 Å². The average molecular weight is 251 g/mol. The van der Waals surface area contributed by atoms with Gasteiger partial charge in [0.1, 0.15) is 0 Å². The Hall–Kier alpha value is -0.520. The third-order valence-corrected chi connectivity index (χ3v) is 4.10. The molecule has 3 unspecified atom stereocenters. The normalized spacial score (nSPS) is 27.6. The van der Waals surface area contributed by atoms with E-state index in [1.165, 1.54) is 0 Å². The lowest BCUT2D eigenvalue weighted by molar-refractivity contribution is -0.125. The first-order valence-corrected chi connectivity index (χ1v) is 7.22. The lowest BCUT2D eigenvalue weighted by Crippen LogP contribution is -2.62. The highest BCUT2D eigenvalue weighted by molar-refractivity contribution is 5.04. The topological polar surface area (TPSA) is 21.3 Å². The van der Waals surface area contributed by atoms with Crippen molar-refractivity contribution in [2.75, 3.05) is 6.61 Å². The van der Waals surface area contributed by atoms with E-state index in [0.717, 1.165) is 25.9 Å². The Labute approximate surface area is 113 Å². The zero-order chi connectivity index (χ0) is 13.8. The maximum absolute atomic E-state index is 5.98. The maximum Gasteiger partial charge on any atom is 0.0656 e. The number of ether oxygens (including phenoxy) is 1. The van der Waals surface area contributed by atoms with Gasteiger partial charge in [0.25, 0.3) is 0 Å². The smallest absolute Gasteiger partial charge is 0.0656 e. The van der Waals surface area contributed by atoms with Crippen LogP contribution < -0.4 is 5.32 Å². The van der Waals surface area contributed by atoms with Crippen LogP contribution >= 0.6 is 0 Å². The lowest BCUT2D eigenvalue weighted by atomic mass is 9.64. The summed E-state index contributed by atoms with van der Waals surface area (Å²) >= 11 is 0. The molecule has 0 aromatic heterocycles. The summed E-state index contributed by atoms with van der Waals surface area (Å²) in [6, 6.07) is 0.985. The molecule has 104 valence electrons. The minimum Gasteiger partial charge on any atom is -0.377 e. The average Bonchev–Trinajstić information content (AvgIpc) is 2.30. The molecule has 0 amide bonds. The molecule has 1 N–H and O–H groups in total. The second kappa shape index (κ2) is 6.59. The molecule has 2 heteroatoms. The zero-order valence-corrected chi connectivity index (χ0v) is 12.6. The van der Waals surface area contributed by atoms with Gasteiger partial charge in [-0.15, -0.1) is 12.3 Å². The quantitative estimate of drug-likeness (QED) is 0.702. The van der Waals surface area contributed by atoms with Gasteiger partial charge in [0.15, 0.2) is 0 Å². The van der Waals surface area contributed by atoms with Gasteiger partial charge in [0, 0.05) is 30.5 Å². The molecule has 18 heavy (non-hydrogen) atoms. The number of hydrogen-bond donors (Lipinski definition) is 1. The molecule has 1 aliphatic carbocycles. The van der Waals surface area contributed by atoms with E-state index in [1.54, 1.807) is 0 Å². The highest BCUT2D eigenvalue weighted by Gasteiger charge is 2.49. The Bertz CT molecular complexity index is 290. The minimum absolute atomic E-state index is 0.219. The van der Waals surface area contributed by atoms with E-state index in [1.807, 2.05) is 0 Å². The monoisotopic (exact) mass is 251 g/mol. The predicted octanol–water partition coefficient (Wildman–Crippen LogP) is 3.22. The first kappa shape index (κ1) is 15.5. The summed E-state index contributed by atoms with van der Waals surface area (Å²) in [4.78, 5) is 0. The van der Waals surface area contributed by atoms with Gasteiger partial charge in [-0.3, -0.25) is 0 Å². The fourth-order valence-corrected chi connectivity index (χ4v) is 2.51. The van der Waals surface area contributed by atoms with Crippen molar-refractivity contribution >= 4 is 0 Å². The summed E-state index contributed by atoms with van der Waals surface area (Å²) in [5.41, 5.74) is 0.219. The Morgan fingerprint density at radius 1 is 1.44 bits per heavy atom. The molecule has 0 saturated heterocycles. The van der Waals surface area contributed by atoms with Gasteiger partial charge in [0.05, 0.1) is 6.10 Å². The molecule has 0 aromatic carbocycles. The van der Waals surface area contributed by atoms with Crippen LogP contribution in [0.15, 0.2) is 0 Å². The van der Waals surface area contributed by atoms with Crippen molar-refractivity contribution in [1.29, 1.82) is 0 Å². The molecule has 1 saturated carbocycles. The number of rotatable bonds is 7. The van der Waals surface area contributed by atoms with Crippen LogP contribution in [0.1, 0.15) is 53.9 Å². The van der Waals surface area contributed by atoms with Crippen LogP contribution in [0.5, 0.6) is 0 Å². The molecular weight excluding hydrogens is 222 g/mol. The molecule has 1 aliphatic rings. The highest BCUT2D eigenvalue weighted by atomic mass is 16.5. The van der Waals surface area contributed by atoms with E-state index in [-0.39, 0.29) is 5.41 Å². The van der Waals surface area contributed by atoms with Crippen LogP contribution in [0, 0.1) is 23.7 Å². The molecule has 0 aliphatic heterocycles. The Kier molecular flexibility index (Phi) is 5.69. The van der Waals surface area contributed by atoms with Gasteiger partial charge in [-0.05, 0) is 18.8 Å². The molecule has 0 heterocycles. The molecule has 0 radical (unpaired) electrons. The summed E-state index contributed by atoms with van der Waals surface area (Å²) in [5, 5.41) is 3.69. The molecule has 3 atom stereocenters. The van der Waals surface area contributed by atoms with E-state index in [9.17, 15) is 0 Å². The third-order valence-electron chi connectivity index (χ3n) is 4.10. The number of hydrogen-bond acceptors (Lipinski definition) is 2. The van der Waals surface area contributed by atoms with Crippen LogP contribution in [0.4, 0.5) is 0 Å². The van der Waals surface area contributed by atoms with Crippen LogP contribution in [-0.4, -0.2) is 24.8 Å². The Morgan fingerprint density at radius 3 is 2.56 bits per heavy atom. The summed E-state index contributed by atoms with van der Waals surface area (Å²) in [7, 11) is 0. The van der Waals surface area contributed by atoms with Gasteiger partial charge in [-0.2, -0.15) is 0 Å². The van der Waals surface area contributed by atoms with Crippen molar-refractivity contribution in [2.45, 2.75) is 72.1 Å². The van der Waals surface area contributed by atoms with E-state index < -0.39 is 0 Å². The van der Waals surface area contributed by atoms with Gasteiger partial charge in [0.2, 0.25) is 0 Å². The first-order chi connectivity index (χ1) is 8.41. The fourth-order valence-electron chi connectivity index (χ4n) is 2.51. The second-order valence-electron chi connectivity index (χ2n) is 6.51. The van der Waals surface area contributed by atoms with Crippen molar-refractivity contribution in [3.05, 3.63) is 0 Å². The molecule has 0 bridgehead atoms. The minimum atomic E-state index is 0.219. The molecule has 0 aromatic rings. The molecule has 1 fully saturated rings.